The summed E-state index contributed by atoms with van der Waals surface area (Å²) in [6, 6.07) is 0. The first-order valence-corrected chi connectivity index (χ1v) is 7.97. The Hall–Kier alpha value is -3.52. The molecule has 0 aromatic heterocycles. The Morgan fingerprint density at radius 3 is 2.70 bits per heavy atom. The smallest absolute Gasteiger partial charge is 0.342 e. The van der Waals surface area contributed by atoms with Crippen LogP contribution in [0.3, 0.4) is 0 Å². The molecule has 0 saturated heterocycles. The zero-order valence-electron chi connectivity index (χ0n) is 14.7. The molecule has 1 aromatic rings. The second-order valence-corrected chi connectivity index (χ2v) is 5.99. The second-order valence-electron chi connectivity index (χ2n) is 5.99. The van der Waals surface area contributed by atoms with Gasteiger partial charge in [0.2, 0.25) is 5.91 Å². The van der Waals surface area contributed by atoms with Crippen molar-refractivity contribution in [2.24, 2.45) is 10.3 Å². The third-order valence-corrected chi connectivity index (χ3v) is 4.34. The molecule has 0 aliphatic carbocycles. The number of allylic oxidation sites excluding steroid dienone is 2. The molecule has 27 heavy (non-hydrogen) atoms. The van der Waals surface area contributed by atoms with E-state index in [1.807, 2.05) is 0 Å². The van der Waals surface area contributed by atoms with Crippen LogP contribution in [0.1, 0.15) is 57.2 Å². The number of carbonyl (C=O) groups excluding carboxylic acids is 3. The van der Waals surface area contributed by atoms with Crippen molar-refractivity contribution in [1.82, 2.24) is 0 Å². The van der Waals surface area contributed by atoms with Crippen molar-refractivity contribution in [2.75, 3.05) is 0 Å². The number of phenols is 1. The van der Waals surface area contributed by atoms with Crippen molar-refractivity contribution in [3.63, 3.8) is 0 Å². The molecule has 1 aliphatic heterocycles. The van der Waals surface area contributed by atoms with Crippen LogP contribution in [0.4, 0.5) is 0 Å². The van der Waals surface area contributed by atoms with E-state index in [0.717, 1.165) is 0 Å². The fourth-order valence-electron chi connectivity index (χ4n) is 2.89. The number of carbonyl (C=O) groups is 3. The van der Waals surface area contributed by atoms with Crippen LogP contribution in [0.5, 0.6) is 5.75 Å². The van der Waals surface area contributed by atoms with E-state index in [2.05, 4.69) is 15.2 Å². The minimum absolute atomic E-state index is 0.00799. The molecule has 0 spiro atoms. The number of cyclic esters (lactones) is 1. The summed E-state index contributed by atoms with van der Waals surface area (Å²) in [7, 11) is 0. The summed E-state index contributed by atoms with van der Waals surface area (Å²) in [5.41, 5.74) is 10.2. The summed E-state index contributed by atoms with van der Waals surface area (Å²) in [5.74, 6) is -2.75. The summed E-state index contributed by atoms with van der Waals surface area (Å²) in [6.45, 7) is 3.20. The number of benzene rings is 1. The SMILES string of the molecule is C/C(=C\Cc1c(O)c2c(c(C)c1C(=O)N=[N+]=[N-])COC2=O)CCC(=O)N=O. The number of ether oxygens (including phenoxy) is 1. The van der Waals surface area contributed by atoms with Gasteiger partial charge < -0.3 is 9.84 Å². The number of azide groups is 1. The van der Waals surface area contributed by atoms with E-state index in [4.69, 9.17) is 10.3 Å². The number of amides is 2. The number of hydrogen-bond donors (Lipinski definition) is 1. The normalized spacial score (nSPS) is 12.8. The molecule has 10 heteroatoms. The molecule has 0 atom stereocenters. The topological polar surface area (TPSA) is 159 Å². The highest BCUT2D eigenvalue weighted by atomic mass is 16.5. The highest BCUT2D eigenvalue weighted by Gasteiger charge is 2.32. The fraction of sp³-hybridized carbons (Fsp3) is 0.353. The zero-order valence-corrected chi connectivity index (χ0v) is 14.7. The van der Waals surface area contributed by atoms with Crippen LogP contribution in [0.25, 0.3) is 10.4 Å². The lowest BCUT2D eigenvalue weighted by Gasteiger charge is -2.15. The van der Waals surface area contributed by atoms with Gasteiger partial charge in [-0.2, -0.15) is 0 Å². The predicted molar refractivity (Wildman–Crippen MR) is 92.9 cm³/mol. The van der Waals surface area contributed by atoms with Crippen LogP contribution in [-0.2, 0) is 22.6 Å². The number of nitrogens with zero attached hydrogens (tertiary/aromatic N) is 4. The summed E-state index contributed by atoms with van der Waals surface area (Å²) in [6.07, 6.45) is 1.91. The highest BCUT2D eigenvalue weighted by molar-refractivity contribution is 6.04. The molecule has 0 bridgehead atoms. The summed E-state index contributed by atoms with van der Waals surface area (Å²) in [5, 5.41) is 15.9. The third-order valence-electron chi connectivity index (χ3n) is 4.34. The van der Waals surface area contributed by atoms with E-state index in [0.29, 0.717) is 16.7 Å². The van der Waals surface area contributed by atoms with Gasteiger partial charge in [-0.05, 0) is 42.9 Å². The van der Waals surface area contributed by atoms with E-state index in [1.54, 1.807) is 19.9 Å². The number of fused-ring (bicyclic) bond motifs is 1. The molecule has 1 aromatic carbocycles. The van der Waals surface area contributed by atoms with Crippen molar-refractivity contribution < 1.29 is 24.2 Å². The van der Waals surface area contributed by atoms with Gasteiger partial charge in [0, 0.05) is 33.2 Å². The van der Waals surface area contributed by atoms with Crippen LogP contribution < -0.4 is 0 Å². The van der Waals surface area contributed by atoms with Gasteiger partial charge in [0.05, 0.1) is 0 Å². The maximum atomic E-state index is 12.2. The Morgan fingerprint density at radius 1 is 1.37 bits per heavy atom. The van der Waals surface area contributed by atoms with Crippen LogP contribution >= 0.6 is 0 Å². The Kier molecular flexibility index (Phi) is 6.04. The Balaban J connectivity index is 2.49. The van der Waals surface area contributed by atoms with Gasteiger partial charge in [0.1, 0.15) is 17.9 Å². The van der Waals surface area contributed by atoms with E-state index in [9.17, 15) is 24.4 Å². The molecule has 0 unspecified atom stereocenters. The lowest BCUT2D eigenvalue weighted by molar-refractivity contribution is -0.117. The van der Waals surface area contributed by atoms with Gasteiger partial charge in [0.15, 0.2) is 0 Å². The minimum Gasteiger partial charge on any atom is -0.507 e. The average molecular weight is 372 g/mol. The maximum absolute atomic E-state index is 12.2. The Labute approximate surface area is 153 Å². The number of nitroso groups, excluding NO2 is 1. The standard InChI is InChI=1S/C17H16N4O6/c1-8(4-6-12(22)20-26)3-5-10-13(16(24)19-21-18)9(2)11-7-27-17(25)14(11)15(10)23/h3,23H,4-7H2,1-2H3/b8-3+. The van der Waals surface area contributed by atoms with Crippen molar-refractivity contribution in [1.29, 1.82) is 0 Å². The Morgan fingerprint density at radius 2 is 2.07 bits per heavy atom. The van der Waals surface area contributed by atoms with E-state index < -0.39 is 23.5 Å². The maximum Gasteiger partial charge on any atom is 0.342 e. The number of esters is 1. The quantitative estimate of drug-likeness (QED) is 0.201. The molecular weight excluding hydrogens is 356 g/mol. The first-order valence-electron chi connectivity index (χ1n) is 7.97. The van der Waals surface area contributed by atoms with Crippen molar-refractivity contribution in [3.8, 4) is 5.75 Å². The monoisotopic (exact) mass is 372 g/mol. The summed E-state index contributed by atoms with van der Waals surface area (Å²) in [4.78, 5) is 47.7. The van der Waals surface area contributed by atoms with Gasteiger partial charge in [0.25, 0.3) is 5.91 Å². The van der Waals surface area contributed by atoms with Crippen LogP contribution in [0.2, 0.25) is 0 Å². The summed E-state index contributed by atoms with van der Waals surface area (Å²) >= 11 is 0. The van der Waals surface area contributed by atoms with Crippen LogP contribution in [0.15, 0.2) is 21.9 Å². The van der Waals surface area contributed by atoms with E-state index >= 15 is 0 Å². The molecule has 0 radical (unpaired) electrons. The number of rotatable bonds is 6. The lowest BCUT2D eigenvalue weighted by atomic mass is 9.89. The largest absolute Gasteiger partial charge is 0.507 e. The first-order chi connectivity index (χ1) is 12.8. The molecule has 1 heterocycles. The molecule has 2 amide bonds. The minimum atomic E-state index is -0.881. The van der Waals surface area contributed by atoms with Crippen molar-refractivity contribution in [2.45, 2.75) is 39.7 Å². The number of hydrogen-bond acceptors (Lipinski definition) is 6. The molecule has 1 aliphatic rings. The first kappa shape index (κ1) is 19.8. The summed E-state index contributed by atoms with van der Waals surface area (Å²) < 4.78 is 4.93. The molecule has 10 nitrogen and oxygen atoms in total. The van der Waals surface area contributed by atoms with Crippen LogP contribution in [0, 0.1) is 11.8 Å². The molecule has 2 rings (SSSR count). The molecule has 0 saturated carbocycles. The van der Waals surface area contributed by atoms with Gasteiger partial charge in [-0.15, -0.1) is 4.91 Å². The van der Waals surface area contributed by atoms with E-state index in [-0.39, 0.29) is 42.6 Å². The van der Waals surface area contributed by atoms with Gasteiger partial charge >= 0.3 is 5.97 Å². The second kappa shape index (κ2) is 8.24. The molecule has 0 fully saturated rings. The van der Waals surface area contributed by atoms with Crippen molar-refractivity contribution in [3.05, 3.63) is 54.8 Å². The Bertz CT molecular complexity index is 928. The van der Waals surface area contributed by atoms with Gasteiger partial charge in [-0.25, -0.2) is 4.79 Å². The average Bonchev–Trinajstić information content (AvgIpc) is 3.03. The fourth-order valence-corrected chi connectivity index (χ4v) is 2.89. The molecule has 140 valence electrons. The van der Waals surface area contributed by atoms with E-state index in [1.165, 1.54) is 0 Å². The highest BCUT2D eigenvalue weighted by Crippen LogP contribution is 2.38. The third kappa shape index (κ3) is 4.01. The number of phenolic OH excluding ortho intramolecular Hbond substituents is 1. The lowest BCUT2D eigenvalue weighted by Crippen LogP contribution is -2.09. The van der Waals surface area contributed by atoms with Gasteiger partial charge in [-0.1, -0.05) is 11.6 Å². The predicted octanol–water partition coefficient (Wildman–Crippen LogP) is 3.38. The molecular formula is C17H16N4O6. The van der Waals surface area contributed by atoms with Gasteiger partial charge in [-0.3, -0.25) is 9.59 Å². The zero-order chi connectivity index (χ0) is 20.1. The molecule has 1 N–H and O–H groups in total. The van der Waals surface area contributed by atoms with Crippen LogP contribution in [-0.4, -0.2) is 22.9 Å². The number of aromatic hydroxyl groups is 1. The van der Waals surface area contributed by atoms with Crippen molar-refractivity contribution >= 4 is 17.8 Å².